The number of Topliss-reactive ketones (excluding diaryl/α,β-unsaturated/α-hetero) is 1. The summed E-state index contributed by atoms with van der Waals surface area (Å²) in [6, 6.07) is 26.1. The van der Waals surface area contributed by atoms with Crippen LogP contribution in [0.2, 0.25) is 10.0 Å². The van der Waals surface area contributed by atoms with Gasteiger partial charge in [0.05, 0.1) is 15.6 Å². The lowest BCUT2D eigenvalue weighted by molar-refractivity contribution is -0.138. The first-order valence-corrected chi connectivity index (χ1v) is 16.9. The van der Waals surface area contributed by atoms with Crippen molar-refractivity contribution in [1.82, 2.24) is 15.1 Å². The van der Waals surface area contributed by atoms with E-state index in [0.717, 1.165) is 69.4 Å². The molecular formula is C37H45Cl2N3O2. The number of ketones is 1. The maximum atomic E-state index is 14.2. The molecule has 44 heavy (non-hydrogen) atoms. The topological polar surface area (TPSA) is 52.7 Å². The number of amides is 1. The first-order valence-electron chi connectivity index (χ1n) is 16.1. The van der Waals surface area contributed by atoms with E-state index in [-0.39, 0.29) is 35.1 Å². The van der Waals surface area contributed by atoms with Gasteiger partial charge in [-0.2, -0.15) is 0 Å². The number of piperidine rings is 2. The van der Waals surface area contributed by atoms with Crippen LogP contribution in [-0.2, 0) is 10.3 Å². The van der Waals surface area contributed by atoms with E-state index in [1.54, 1.807) is 0 Å². The van der Waals surface area contributed by atoms with Gasteiger partial charge in [-0.05, 0) is 80.8 Å². The molecule has 3 aromatic rings. The minimum Gasteiger partial charge on any atom is -0.336 e. The summed E-state index contributed by atoms with van der Waals surface area (Å²) < 4.78 is 0. The zero-order chi connectivity index (χ0) is 31.1. The van der Waals surface area contributed by atoms with E-state index in [9.17, 15) is 9.59 Å². The number of hydrogen-bond acceptors (Lipinski definition) is 4. The Morgan fingerprint density at radius 2 is 1.66 bits per heavy atom. The predicted molar refractivity (Wildman–Crippen MR) is 180 cm³/mol. The lowest BCUT2D eigenvalue weighted by atomic mass is 9.75. The van der Waals surface area contributed by atoms with Crippen molar-refractivity contribution in [3.05, 3.63) is 106 Å². The zero-order valence-corrected chi connectivity index (χ0v) is 27.5. The minimum absolute atomic E-state index is 0.0187. The van der Waals surface area contributed by atoms with Gasteiger partial charge in [0.1, 0.15) is 0 Å². The van der Waals surface area contributed by atoms with E-state index < -0.39 is 0 Å². The molecule has 5 nitrogen and oxygen atoms in total. The second-order valence-electron chi connectivity index (χ2n) is 12.5. The van der Waals surface area contributed by atoms with Crippen LogP contribution in [0, 0.1) is 11.8 Å². The van der Waals surface area contributed by atoms with E-state index in [1.165, 1.54) is 5.56 Å². The lowest BCUT2D eigenvalue weighted by Crippen LogP contribution is -2.54. The SMILES string of the molecule is CCCC(=O)N(C)C1(c2ccccc2)CCN(C(CC(C(=O)c2ccccc2)C2CCCNC2)c2ccc(Cl)c(Cl)c2)CC1. The van der Waals surface area contributed by atoms with Crippen LogP contribution in [-0.4, -0.2) is 54.7 Å². The molecule has 7 heteroatoms. The van der Waals surface area contributed by atoms with E-state index >= 15 is 0 Å². The number of rotatable bonds is 11. The van der Waals surface area contributed by atoms with Crippen LogP contribution in [0.25, 0.3) is 0 Å². The molecule has 2 aliphatic rings. The van der Waals surface area contributed by atoms with Crippen LogP contribution < -0.4 is 5.32 Å². The fraction of sp³-hybridized carbons (Fsp3) is 0.459. The van der Waals surface area contributed by atoms with Gasteiger partial charge >= 0.3 is 0 Å². The van der Waals surface area contributed by atoms with Crippen LogP contribution in [0.15, 0.2) is 78.9 Å². The van der Waals surface area contributed by atoms with Crippen molar-refractivity contribution in [3.8, 4) is 0 Å². The molecule has 3 aromatic carbocycles. The highest BCUT2D eigenvalue weighted by Crippen LogP contribution is 2.43. The molecule has 1 amide bonds. The van der Waals surface area contributed by atoms with Gasteiger partial charge in [-0.3, -0.25) is 14.5 Å². The second kappa shape index (κ2) is 15.1. The quantitative estimate of drug-likeness (QED) is 0.216. The normalized spacial score (nSPS) is 20.0. The van der Waals surface area contributed by atoms with Gasteiger partial charge < -0.3 is 10.2 Å². The number of nitrogens with zero attached hydrogens (tertiary/aromatic N) is 2. The van der Waals surface area contributed by atoms with Gasteiger partial charge in [0.2, 0.25) is 5.91 Å². The Hall–Kier alpha value is -2.70. The first-order chi connectivity index (χ1) is 21.3. The summed E-state index contributed by atoms with van der Waals surface area (Å²) >= 11 is 13.0. The van der Waals surface area contributed by atoms with Crippen molar-refractivity contribution in [2.45, 2.75) is 63.5 Å². The fourth-order valence-corrected chi connectivity index (χ4v) is 7.71. The summed E-state index contributed by atoms with van der Waals surface area (Å²) in [5, 5.41) is 4.61. The van der Waals surface area contributed by atoms with E-state index in [0.29, 0.717) is 22.9 Å². The molecule has 0 saturated carbocycles. The van der Waals surface area contributed by atoms with Crippen molar-refractivity contribution in [3.63, 3.8) is 0 Å². The first kappa shape index (κ1) is 32.7. The number of carbonyl (C=O) groups excluding carboxylic acids is 2. The largest absolute Gasteiger partial charge is 0.336 e. The van der Waals surface area contributed by atoms with Gasteiger partial charge in [-0.25, -0.2) is 0 Å². The Morgan fingerprint density at radius 1 is 0.977 bits per heavy atom. The number of likely N-dealkylation sites (tertiary alicyclic amines) is 1. The third kappa shape index (κ3) is 7.23. The van der Waals surface area contributed by atoms with Gasteiger partial charge in [0.15, 0.2) is 5.78 Å². The molecule has 0 spiro atoms. The zero-order valence-electron chi connectivity index (χ0n) is 26.0. The monoisotopic (exact) mass is 633 g/mol. The van der Waals surface area contributed by atoms with Crippen LogP contribution in [0.1, 0.15) is 79.4 Å². The van der Waals surface area contributed by atoms with Crippen molar-refractivity contribution in [1.29, 1.82) is 0 Å². The molecule has 2 fully saturated rings. The summed E-state index contributed by atoms with van der Waals surface area (Å²) in [5.41, 5.74) is 2.66. The average molecular weight is 635 g/mol. The molecule has 0 aliphatic carbocycles. The molecule has 3 unspecified atom stereocenters. The van der Waals surface area contributed by atoms with E-state index in [2.05, 4.69) is 47.5 Å². The minimum atomic E-state index is -0.376. The summed E-state index contributed by atoms with van der Waals surface area (Å²) in [4.78, 5) is 32.0. The molecule has 5 rings (SSSR count). The Balaban J connectivity index is 1.48. The van der Waals surface area contributed by atoms with Crippen LogP contribution in [0.3, 0.4) is 0 Å². The Kier molecular flexibility index (Phi) is 11.2. The average Bonchev–Trinajstić information content (AvgIpc) is 3.07. The second-order valence-corrected chi connectivity index (χ2v) is 13.3. The molecule has 0 aromatic heterocycles. The van der Waals surface area contributed by atoms with Crippen LogP contribution in [0.5, 0.6) is 0 Å². The Bertz CT molecular complexity index is 1390. The summed E-state index contributed by atoms with van der Waals surface area (Å²) in [6.07, 6.45) is 5.78. The fourth-order valence-electron chi connectivity index (χ4n) is 7.40. The molecule has 1 N–H and O–H groups in total. The predicted octanol–water partition coefficient (Wildman–Crippen LogP) is 8.17. The van der Waals surface area contributed by atoms with Gasteiger partial charge in [0, 0.05) is 44.1 Å². The third-order valence-electron chi connectivity index (χ3n) is 9.96. The van der Waals surface area contributed by atoms with E-state index in [4.69, 9.17) is 23.2 Å². The van der Waals surface area contributed by atoms with Gasteiger partial charge in [-0.15, -0.1) is 0 Å². The summed E-state index contributed by atoms with van der Waals surface area (Å²) in [7, 11) is 1.97. The smallest absolute Gasteiger partial charge is 0.223 e. The standard InChI is InChI=1S/C37H45Cl2N3O2/c1-3-11-35(43)41(2)37(30-15-8-5-9-16-30)19-22-42(23-20-37)34(28-17-18-32(38)33(39)24-28)25-31(29-14-10-21-40-26-29)36(44)27-12-6-4-7-13-27/h4-9,12-13,15-18,24,29,31,34,40H,3,10-11,14,19-23,25-26H2,1-2H3. The van der Waals surface area contributed by atoms with Crippen molar-refractivity contribution < 1.29 is 9.59 Å². The highest BCUT2D eigenvalue weighted by molar-refractivity contribution is 6.42. The third-order valence-corrected chi connectivity index (χ3v) is 10.7. The van der Waals surface area contributed by atoms with Crippen molar-refractivity contribution >= 4 is 34.9 Å². The summed E-state index contributed by atoms with van der Waals surface area (Å²) in [6.45, 7) is 5.48. The van der Waals surface area contributed by atoms with Gasteiger partial charge in [0.25, 0.3) is 0 Å². The highest BCUT2D eigenvalue weighted by atomic mass is 35.5. The lowest BCUT2D eigenvalue weighted by Gasteiger charge is -2.50. The number of carbonyl (C=O) groups is 2. The maximum Gasteiger partial charge on any atom is 0.223 e. The van der Waals surface area contributed by atoms with Crippen molar-refractivity contribution in [2.75, 3.05) is 33.2 Å². The molecule has 2 saturated heterocycles. The van der Waals surface area contributed by atoms with Crippen molar-refractivity contribution in [2.24, 2.45) is 11.8 Å². The Labute approximate surface area is 272 Å². The number of halogens is 2. The molecule has 2 aliphatic heterocycles. The van der Waals surface area contributed by atoms with Gasteiger partial charge in [-0.1, -0.05) is 96.9 Å². The molecule has 0 bridgehead atoms. The molecular weight excluding hydrogens is 589 g/mol. The number of benzene rings is 3. The number of nitrogens with one attached hydrogen (secondary N) is 1. The summed E-state index contributed by atoms with van der Waals surface area (Å²) in [5.74, 6) is 0.515. The Morgan fingerprint density at radius 3 is 2.27 bits per heavy atom. The number of hydrogen-bond donors (Lipinski definition) is 1. The van der Waals surface area contributed by atoms with E-state index in [1.807, 2.05) is 60.5 Å². The molecule has 2 heterocycles. The molecule has 234 valence electrons. The maximum absolute atomic E-state index is 14.2. The molecule has 3 atom stereocenters. The van der Waals surface area contributed by atoms with Crippen LogP contribution >= 0.6 is 23.2 Å². The molecule has 0 radical (unpaired) electrons. The van der Waals surface area contributed by atoms with Crippen LogP contribution in [0.4, 0.5) is 0 Å². The highest BCUT2D eigenvalue weighted by Gasteiger charge is 2.44.